The van der Waals surface area contributed by atoms with Gasteiger partial charge in [-0.25, -0.2) is 0 Å². The van der Waals surface area contributed by atoms with Gasteiger partial charge in [0.15, 0.2) is 0 Å². The van der Waals surface area contributed by atoms with E-state index in [1.165, 1.54) is 19.3 Å². The molecule has 0 amide bonds. The highest BCUT2D eigenvalue weighted by molar-refractivity contribution is 4.89. The largest absolute Gasteiger partial charge is 0.0625 e. The lowest BCUT2D eigenvalue weighted by Crippen LogP contribution is -2.36. The Balaban J connectivity index is 1.64. The summed E-state index contributed by atoms with van der Waals surface area (Å²) in [6.07, 6.45) is 17.1. The minimum atomic E-state index is 1.02. The lowest BCUT2D eigenvalue weighted by Gasteiger charge is -2.46. The second kappa shape index (κ2) is 5.33. The van der Waals surface area contributed by atoms with Gasteiger partial charge in [-0.1, -0.05) is 51.9 Å². The Kier molecular flexibility index (Phi) is 3.78. The van der Waals surface area contributed by atoms with Gasteiger partial charge in [0.1, 0.15) is 0 Å². The molecule has 0 radical (unpaired) electrons. The summed E-state index contributed by atoms with van der Waals surface area (Å²) in [5, 5.41) is 0. The second-order valence-electron chi connectivity index (χ2n) is 7.32. The highest BCUT2D eigenvalue weighted by Crippen LogP contribution is 2.49. The number of hydrogen-bond donors (Lipinski definition) is 0. The Morgan fingerprint density at radius 2 is 1.06 bits per heavy atom. The van der Waals surface area contributed by atoms with Crippen LogP contribution in [0, 0.1) is 29.6 Å². The molecule has 17 heavy (non-hydrogen) atoms. The molecular weight excluding hydrogens is 204 g/mol. The molecule has 0 aliphatic heterocycles. The standard InChI is InChI=1S/C17H30/c1-13-9-11-15(12-10-13)17-8-4-6-14-5-2-3-7-16(14)17/h13-17H,2-12H2,1H3. The third-order valence-electron chi connectivity index (χ3n) is 6.30. The maximum absolute atomic E-state index is 2.46. The van der Waals surface area contributed by atoms with Crippen molar-refractivity contribution in [3.05, 3.63) is 0 Å². The van der Waals surface area contributed by atoms with Crippen molar-refractivity contribution in [1.29, 1.82) is 0 Å². The summed E-state index contributed by atoms with van der Waals surface area (Å²) in [6, 6.07) is 0. The van der Waals surface area contributed by atoms with E-state index >= 15 is 0 Å². The SMILES string of the molecule is CC1CCC(C2CCCC3CCCCC32)CC1. The zero-order valence-electron chi connectivity index (χ0n) is 11.7. The molecular formula is C17H30. The predicted octanol–water partition coefficient (Wildman–Crippen LogP) is 5.42. The Bertz CT molecular complexity index is 234. The monoisotopic (exact) mass is 234 g/mol. The average Bonchev–Trinajstić information content (AvgIpc) is 2.39. The van der Waals surface area contributed by atoms with Crippen LogP contribution in [0.1, 0.15) is 77.6 Å². The molecule has 3 fully saturated rings. The average molecular weight is 234 g/mol. The number of hydrogen-bond acceptors (Lipinski definition) is 0. The second-order valence-corrected chi connectivity index (χ2v) is 7.32. The molecule has 0 spiro atoms. The van der Waals surface area contributed by atoms with E-state index in [0.29, 0.717) is 0 Å². The maximum atomic E-state index is 2.46. The smallest absolute Gasteiger partial charge is 0.0355 e. The van der Waals surface area contributed by atoms with Gasteiger partial charge in [-0.05, 0) is 55.3 Å². The molecule has 0 nitrogen and oxygen atoms in total. The molecule has 0 heterocycles. The molecule has 3 aliphatic carbocycles. The molecule has 3 rings (SSSR count). The van der Waals surface area contributed by atoms with Gasteiger partial charge in [0.25, 0.3) is 0 Å². The van der Waals surface area contributed by atoms with E-state index in [1.54, 1.807) is 51.4 Å². The topological polar surface area (TPSA) is 0 Å². The van der Waals surface area contributed by atoms with Crippen LogP contribution in [-0.4, -0.2) is 0 Å². The van der Waals surface area contributed by atoms with Crippen LogP contribution >= 0.6 is 0 Å². The van der Waals surface area contributed by atoms with Crippen LogP contribution in [-0.2, 0) is 0 Å². The minimum absolute atomic E-state index is 1.02. The van der Waals surface area contributed by atoms with Crippen molar-refractivity contribution >= 4 is 0 Å². The molecule has 0 saturated heterocycles. The lowest BCUT2D eigenvalue weighted by molar-refractivity contribution is 0.0445. The summed E-state index contributed by atoms with van der Waals surface area (Å²) in [4.78, 5) is 0. The zero-order chi connectivity index (χ0) is 11.7. The Morgan fingerprint density at radius 3 is 1.82 bits per heavy atom. The van der Waals surface area contributed by atoms with E-state index in [2.05, 4.69) is 6.92 Å². The van der Waals surface area contributed by atoms with Crippen molar-refractivity contribution in [2.45, 2.75) is 77.6 Å². The Hall–Kier alpha value is 0. The molecule has 0 aromatic carbocycles. The van der Waals surface area contributed by atoms with Crippen LogP contribution in [0.3, 0.4) is 0 Å². The van der Waals surface area contributed by atoms with Gasteiger partial charge in [-0.15, -0.1) is 0 Å². The van der Waals surface area contributed by atoms with Crippen molar-refractivity contribution in [3.8, 4) is 0 Å². The van der Waals surface area contributed by atoms with Gasteiger partial charge in [0.05, 0.1) is 0 Å². The fraction of sp³-hybridized carbons (Fsp3) is 1.00. The van der Waals surface area contributed by atoms with Gasteiger partial charge in [-0.2, -0.15) is 0 Å². The van der Waals surface area contributed by atoms with Gasteiger partial charge >= 0.3 is 0 Å². The van der Waals surface area contributed by atoms with Crippen LogP contribution in [0.25, 0.3) is 0 Å². The highest BCUT2D eigenvalue weighted by Gasteiger charge is 2.39. The van der Waals surface area contributed by atoms with Crippen LogP contribution in [0.5, 0.6) is 0 Å². The fourth-order valence-corrected chi connectivity index (χ4v) is 5.29. The molecule has 0 aromatic rings. The molecule has 0 N–H and O–H groups in total. The van der Waals surface area contributed by atoms with Crippen molar-refractivity contribution in [3.63, 3.8) is 0 Å². The molecule has 0 aromatic heterocycles. The van der Waals surface area contributed by atoms with Crippen LogP contribution in [0.2, 0.25) is 0 Å². The Morgan fingerprint density at radius 1 is 0.529 bits per heavy atom. The first-order valence-corrected chi connectivity index (χ1v) is 8.34. The molecule has 98 valence electrons. The molecule has 0 bridgehead atoms. The summed E-state index contributed by atoms with van der Waals surface area (Å²) in [5.74, 6) is 5.58. The summed E-state index contributed by atoms with van der Waals surface area (Å²) in [6.45, 7) is 2.46. The predicted molar refractivity (Wildman–Crippen MR) is 73.9 cm³/mol. The molecule has 3 unspecified atom stereocenters. The summed E-state index contributed by atoms with van der Waals surface area (Å²) in [5.41, 5.74) is 0. The van der Waals surface area contributed by atoms with E-state index < -0.39 is 0 Å². The first-order valence-electron chi connectivity index (χ1n) is 8.34. The van der Waals surface area contributed by atoms with Crippen LogP contribution in [0.15, 0.2) is 0 Å². The van der Waals surface area contributed by atoms with Gasteiger partial charge < -0.3 is 0 Å². The Labute approximate surface area is 108 Å². The molecule has 3 aliphatic rings. The van der Waals surface area contributed by atoms with Crippen LogP contribution in [0.4, 0.5) is 0 Å². The summed E-state index contributed by atoms with van der Waals surface area (Å²) in [7, 11) is 0. The van der Waals surface area contributed by atoms with Gasteiger partial charge in [-0.3, -0.25) is 0 Å². The van der Waals surface area contributed by atoms with Crippen LogP contribution < -0.4 is 0 Å². The quantitative estimate of drug-likeness (QED) is 0.568. The van der Waals surface area contributed by atoms with Gasteiger partial charge in [0.2, 0.25) is 0 Å². The molecule has 3 atom stereocenters. The van der Waals surface area contributed by atoms with E-state index in [9.17, 15) is 0 Å². The first kappa shape index (κ1) is 12.1. The normalized spacial score (nSPS) is 47.5. The summed E-state index contributed by atoms with van der Waals surface area (Å²) >= 11 is 0. The van der Waals surface area contributed by atoms with E-state index in [4.69, 9.17) is 0 Å². The van der Waals surface area contributed by atoms with Gasteiger partial charge in [0, 0.05) is 0 Å². The van der Waals surface area contributed by atoms with E-state index in [1.807, 2.05) is 0 Å². The molecule has 0 heteroatoms. The third-order valence-corrected chi connectivity index (χ3v) is 6.30. The van der Waals surface area contributed by atoms with E-state index in [0.717, 1.165) is 29.6 Å². The highest BCUT2D eigenvalue weighted by atomic mass is 14.4. The van der Waals surface area contributed by atoms with Crippen molar-refractivity contribution < 1.29 is 0 Å². The maximum Gasteiger partial charge on any atom is -0.0355 e. The lowest BCUT2D eigenvalue weighted by atomic mass is 9.59. The van der Waals surface area contributed by atoms with Crippen molar-refractivity contribution in [2.24, 2.45) is 29.6 Å². The minimum Gasteiger partial charge on any atom is -0.0625 e. The van der Waals surface area contributed by atoms with Crippen molar-refractivity contribution in [2.75, 3.05) is 0 Å². The number of rotatable bonds is 1. The fourth-order valence-electron chi connectivity index (χ4n) is 5.29. The first-order chi connectivity index (χ1) is 8.34. The third kappa shape index (κ3) is 2.56. The number of fused-ring (bicyclic) bond motifs is 1. The molecule has 3 saturated carbocycles. The van der Waals surface area contributed by atoms with E-state index in [-0.39, 0.29) is 0 Å². The van der Waals surface area contributed by atoms with Crippen molar-refractivity contribution in [1.82, 2.24) is 0 Å². The summed E-state index contributed by atoms with van der Waals surface area (Å²) < 4.78 is 0. The zero-order valence-corrected chi connectivity index (χ0v) is 11.7.